The molecule has 0 aliphatic heterocycles. The third kappa shape index (κ3) is 10.8. The van der Waals surface area contributed by atoms with Crippen molar-refractivity contribution < 1.29 is 66.5 Å². The first kappa shape index (κ1) is 44.9. The Hall–Kier alpha value is -2.51. The van der Waals surface area contributed by atoms with E-state index in [4.69, 9.17) is 27.3 Å². The average molecular weight is 799 g/mol. The summed E-state index contributed by atoms with van der Waals surface area (Å²) < 4.78 is 131. The minimum absolute atomic E-state index is 0.0229. The number of methoxy groups -OCH3 is 4. The molecule has 0 spiro atoms. The van der Waals surface area contributed by atoms with Gasteiger partial charge in [-0.05, 0) is 38.1 Å². The van der Waals surface area contributed by atoms with Gasteiger partial charge in [-0.3, -0.25) is 30.7 Å². The number of hydrogen-bond donors (Lipinski definition) is 0. The van der Waals surface area contributed by atoms with Crippen LogP contribution in [0.25, 0.3) is 0 Å². The molecule has 0 N–H and O–H groups in total. The second kappa shape index (κ2) is 18.0. The standard InChI is InChI=1S/C22H28O8S2.C8H14F2O2.C6H8F2O/c1-17-5-9-19(10-6-17)31(23,24)29-15-21(13-22(14-21,27-3)28-4)16-30-32(25,26)20-11-7-18(2)8-12-20;1-11-8(12-2)3-7(4-8,5-9)6-10;7-3-6(4-8)1-5(9)2-6/h5-12H,13-16H2,1-4H3;3-6H2,1-2H3;1-4H2. The number of ketones is 1. The van der Waals surface area contributed by atoms with E-state index in [1.165, 1.54) is 52.7 Å². The predicted molar refractivity (Wildman–Crippen MR) is 186 cm³/mol. The normalized spacial score (nSPS) is 20.3. The molecule has 17 heteroatoms. The van der Waals surface area contributed by atoms with Crippen LogP contribution >= 0.6 is 0 Å². The lowest BCUT2D eigenvalue weighted by atomic mass is 9.65. The Kier molecular flexibility index (Phi) is 15.2. The minimum atomic E-state index is -4.03. The van der Waals surface area contributed by atoms with Gasteiger partial charge in [0, 0.05) is 83.2 Å². The molecule has 0 aromatic heterocycles. The highest BCUT2D eigenvalue weighted by atomic mass is 32.2. The number of carbonyl (C=O) groups excluding carboxylic acids is 1. The van der Waals surface area contributed by atoms with Crippen LogP contribution in [0, 0.1) is 30.1 Å². The Morgan fingerprint density at radius 1 is 0.528 bits per heavy atom. The summed E-state index contributed by atoms with van der Waals surface area (Å²) in [5.74, 6) is -1.71. The Labute approximate surface area is 309 Å². The van der Waals surface area contributed by atoms with E-state index in [0.29, 0.717) is 12.8 Å². The number of alkyl halides is 4. The summed E-state index contributed by atoms with van der Waals surface area (Å²) >= 11 is 0. The molecule has 3 saturated carbocycles. The van der Waals surface area contributed by atoms with E-state index in [0.717, 1.165) is 11.1 Å². The summed E-state index contributed by atoms with van der Waals surface area (Å²) in [5.41, 5.74) is -0.844. The maximum Gasteiger partial charge on any atom is 0.296 e. The lowest BCUT2D eigenvalue weighted by molar-refractivity contribution is -0.305. The number of halogens is 4. The maximum absolute atomic E-state index is 12.6. The van der Waals surface area contributed by atoms with Crippen LogP contribution in [0.5, 0.6) is 0 Å². The molecule has 0 heterocycles. The van der Waals surface area contributed by atoms with Crippen molar-refractivity contribution in [3.63, 3.8) is 0 Å². The summed E-state index contributed by atoms with van der Waals surface area (Å²) in [6.45, 7) is 0.464. The van der Waals surface area contributed by atoms with Crippen LogP contribution in [-0.2, 0) is 52.3 Å². The molecule has 300 valence electrons. The smallest absolute Gasteiger partial charge is 0.296 e. The Morgan fingerprint density at radius 2 is 0.830 bits per heavy atom. The van der Waals surface area contributed by atoms with Crippen LogP contribution in [0.2, 0.25) is 0 Å². The van der Waals surface area contributed by atoms with Gasteiger partial charge in [0.1, 0.15) is 5.78 Å². The highest BCUT2D eigenvalue weighted by Gasteiger charge is 2.58. The van der Waals surface area contributed by atoms with Crippen molar-refractivity contribution in [2.24, 2.45) is 16.2 Å². The van der Waals surface area contributed by atoms with Crippen molar-refractivity contribution in [2.45, 2.75) is 73.7 Å². The Balaban J connectivity index is 0.000000291. The molecule has 5 rings (SSSR count). The van der Waals surface area contributed by atoms with Crippen LogP contribution in [0.1, 0.15) is 49.7 Å². The van der Waals surface area contributed by atoms with Gasteiger partial charge in [-0.1, -0.05) is 35.4 Å². The number of ether oxygens (including phenoxy) is 4. The first-order valence-corrected chi connectivity index (χ1v) is 19.5. The van der Waals surface area contributed by atoms with E-state index < -0.39 is 74.8 Å². The summed E-state index contributed by atoms with van der Waals surface area (Å²) in [4.78, 5) is 10.3. The van der Waals surface area contributed by atoms with E-state index in [-0.39, 0.29) is 54.5 Å². The zero-order valence-corrected chi connectivity index (χ0v) is 32.6. The Morgan fingerprint density at radius 3 is 1.08 bits per heavy atom. The molecular formula is C36H50F4O11S2. The molecule has 0 atom stereocenters. The van der Waals surface area contributed by atoms with Gasteiger partial charge in [0.2, 0.25) is 0 Å². The molecule has 2 aromatic carbocycles. The molecule has 11 nitrogen and oxygen atoms in total. The second-order valence-corrected chi connectivity index (χ2v) is 17.6. The van der Waals surface area contributed by atoms with E-state index in [1.807, 2.05) is 13.8 Å². The molecule has 2 aromatic rings. The zero-order valence-electron chi connectivity index (χ0n) is 30.9. The number of aryl methyl sites for hydroxylation is 2. The van der Waals surface area contributed by atoms with Crippen molar-refractivity contribution in [3.8, 4) is 0 Å². The highest BCUT2D eigenvalue weighted by Crippen LogP contribution is 2.52. The molecule has 3 aliphatic carbocycles. The number of hydrogen-bond acceptors (Lipinski definition) is 11. The van der Waals surface area contributed by atoms with E-state index in [9.17, 15) is 39.2 Å². The summed E-state index contributed by atoms with van der Waals surface area (Å²) in [7, 11) is -2.14. The van der Waals surface area contributed by atoms with Gasteiger partial charge in [-0.15, -0.1) is 0 Å². The fourth-order valence-electron chi connectivity index (χ4n) is 6.36. The number of rotatable bonds is 16. The lowest BCUT2D eigenvalue weighted by Gasteiger charge is -2.53. The quantitative estimate of drug-likeness (QED) is 0.110. The fourth-order valence-corrected chi connectivity index (χ4v) is 8.38. The topological polar surface area (TPSA) is 141 Å². The van der Waals surface area contributed by atoms with Crippen LogP contribution in [-0.4, -0.2) is 103 Å². The van der Waals surface area contributed by atoms with Crippen molar-refractivity contribution in [1.29, 1.82) is 0 Å². The summed E-state index contributed by atoms with van der Waals surface area (Å²) in [6, 6.07) is 12.5. The van der Waals surface area contributed by atoms with E-state index in [2.05, 4.69) is 0 Å². The van der Waals surface area contributed by atoms with Crippen molar-refractivity contribution in [2.75, 3.05) is 68.4 Å². The number of carbonyl (C=O) groups is 1. The van der Waals surface area contributed by atoms with Crippen molar-refractivity contribution in [1.82, 2.24) is 0 Å². The third-order valence-electron chi connectivity index (χ3n) is 10.0. The van der Waals surface area contributed by atoms with Gasteiger partial charge in [-0.2, -0.15) is 16.8 Å². The van der Waals surface area contributed by atoms with Crippen LogP contribution in [0.15, 0.2) is 58.3 Å². The van der Waals surface area contributed by atoms with E-state index >= 15 is 0 Å². The monoisotopic (exact) mass is 798 g/mol. The van der Waals surface area contributed by atoms with Crippen LogP contribution in [0.4, 0.5) is 17.6 Å². The predicted octanol–water partition coefficient (Wildman–Crippen LogP) is 6.15. The van der Waals surface area contributed by atoms with Gasteiger partial charge in [0.15, 0.2) is 11.6 Å². The maximum atomic E-state index is 12.6. The van der Waals surface area contributed by atoms with Gasteiger partial charge >= 0.3 is 0 Å². The van der Waals surface area contributed by atoms with Gasteiger partial charge in [0.05, 0.1) is 49.7 Å². The second-order valence-electron chi connectivity index (χ2n) is 14.3. The highest BCUT2D eigenvalue weighted by molar-refractivity contribution is 7.87. The summed E-state index contributed by atoms with van der Waals surface area (Å²) in [5, 5.41) is 0. The van der Waals surface area contributed by atoms with Crippen LogP contribution in [0.3, 0.4) is 0 Å². The molecule has 0 amide bonds. The third-order valence-corrected chi connectivity index (χ3v) is 12.6. The largest absolute Gasteiger partial charge is 0.353 e. The number of Topliss-reactive ketones (excluding diaryl/α,β-unsaturated/α-hetero) is 1. The SMILES string of the molecule is COC1(OC)CC(CF)(CF)C1.COC1(OC)CC(COS(=O)(=O)c2ccc(C)cc2)(COS(=O)(=O)c2ccc(C)cc2)C1.O=C1CC(CF)(CF)C1. The first-order valence-electron chi connectivity index (χ1n) is 16.7. The minimum Gasteiger partial charge on any atom is -0.353 e. The zero-order chi connectivity index (χ0) is 39.8. The summed E-state index contributed by atoms with van der Waals surface area (Å²) in [6.07, 6.45) is 1.22. The first-order chi connectivity index (χ1) is 24.8. The van der Waals surface area contributed by atoms with Gasteiger partial charge < -0.3 is 18.9 Å². The molecule has 0 unspecified atom stereocenters. The molecular weight excluding hydrogens is 749 g/mol. The lowest BCUT2D eigenvalue weighted by Crippen LogP contribution is -2.58. The average Bonchev–Trinajstić information content (AvgIpc) is 3.11. The number of benzene rings is 2. The molecule has 53 heavy (non-hydrogen) atoms. The Bertz CT molecular complexity index is 1580. The van der Waals surface area contributed by atoms with Crippen LogP contribution < -0.4 is 0 Å². The molecule has 0 radical (unpaired) electrons. The molecule has 3 aliphatic rings. The molecule has 0 saturated heterocycles. The van der Waals surface area contributed by atoms with Gasteiger partial charge in [-0.25, -0.2) is 0 Å². The van der Waals surface area contributed by atoms with Crippen molar-refractivity contribution >= 4 is 26.0 Å². The van der Waals surface area contributed by atoms with Gasteiger partial charge in [0.25, 0.3) is 20.2 Å². The van der Waals surface area contributed by atoms with Crippen molar-refractivity contribution in [3.05, 3.63) is 59.7 Å². The van der Waals surface area contributed by atoms with E-state index in [1.54, 1.807) is 24.3 Å². The fraction of sp³-hybridized carbons (Fsp3) is 0.639. The molecule has 3 fully saturated rings. The molecule has 0 bridgehead atoms.